The molecule has 0 N–H and O–H groups in total. The van der Waals surface area contributed by atoms with Gasteiger partial charge in [0.05, 0.1) is 0 Å². The van der Waals surface area contributed by atoms with Crippen molar-refractivity contribution in [3.05, 3.63) is 53.1 Å². The fourth-order valence-corrected chi connectivity index (χ4v) is 3.00. The Kier molecular flexibility index (Phi) is 3.19. The molecule has 0 radical (unpaired) electrons. The molecule has 1 aliphatic rings. The number of benzene rings is 2. The van der Waals surface area contributed by atoms with E-state index in [0.717, 1.165) is 6.42 Å². The van der Waals surface area contributed by atoms with E-state index in [9.17, 15) is 0 Å². The van der Waals surface area contributed by atoms with Gasteiger partial charge in [0.25, 0.3) is 0 Å². The molecule has 0 spiro atoms. The smallest absolute Gasteiger partial charge is 0.00574 e. The average Bonchev–Trinajstić information content (AvgIpc) is 2.40. The van der Waals surface area contributed by atoms with Gasteiger partial charge in [0.2, 0.25) is 0 Å². The molecule has 0 heteroatoms. The third-order valence-electron chi connectivity index (χ3n) is 3.90. The van der Waals surface area contributed by atoms with E-state index >= 15 is 0 Å². The van der Waals surface area contributed by atoms with E-state index in [4.69, 9.17) is 0 Å². The molecule has 0 amide bonds. The molecular formula is C18H20. The first-order chi connectivity index (χ1) is 8.88. The van der Waals surface area contributed by atoms with Crippen LogP contribution in [0.2, 0.25) is 0 Å². The minimum absolute atomic E-state index is 1.15. The maximum absolute atomic E-state index is 2.42. The molecule has 2 aromatic carbocycles. The molecular weight excluding hydrogens is 216 g/mol. The fourth-order valence-electron chi connectivity index (χ4n) is 3.00. The highest BCUT2D eigenvalue weighted by Gasteiger charge is 2.12. The van der Waals surface area contributed by atoms with Crippen molar-refractivity contribution in [3.8, 4) is 0 Å². The van der Waals surface area contributed by atoms with Crippen LogP contribution >= 0.6 is 0 Å². The first-order valence-electron chi connectivity index (χ1n) is 7.08. The van der Waals surface area contributed by atoms with Gasteiger partial charge in [0, 0.05) is 0 Å². The van der Waals surface area contributed by atoms with E-state index < -0.39 is 0 Å². The summed E-state index contributed by atoms with van der Waals surface area (Å²) in [5.41, 5.74) is 4.53. The zero-order valence-electron chi connectivity index (χ0n) is 11.1. The van der Waals surface area contributed by atoms with Crippen LogP contribution in [0, 0.1) is 0 Å². The van der Waals surface area contributed by atoms with Crippen LogP contribution < -0.4 is 0 Å². The van der Waals surface area contributed by atoms with Gasteiger partial charge >= 0.3 is 0 Å². The van der Waals surface area contributed by atoms with Gasteiger partial charge in [-0.3, -0.25) is 0 Å². The fraction of sp³-hybridized carbons (Fsp3) is 0.333. The van der Waals surface area contributed by atoms with Gasteiger partial charge in [0.1, 0.15) is 0 Å². The molecule has 0 aromatic heterocycles. The number of rotatable bonds is 4. The summed E-state index contributed by atoms with van der Waals surface area (Å²) in [6, 6.07) is 13.4. The highest BCUT2D eigenvalue weighted by Crippen LogP contribution is 2.32. The Morgan fingerprint density at radius 1 is 1.00 bits per heavy atom. The van der Waals surface area contributed by atoms with Crippen molar-refractivity contribution in [2.75, 3.05) is 0 Å². The summed E-state index contributed by atoms with van der Waals surface area (Å²) in [4.78, 5) is 0. The van der Waals surface area contributed by atoms with Crippen LogP contribution in [0.4, 0.5) is 0 Å². The second kappa shape index (κ2) is 4.97. The highest BCUT2D eigenvalue weighted by molar-refractivity contribution is 5.95. The Labute approximate surface area is 109 Å². The monoisotopic (exact) mass is 236 g/mol. The van der Waals surface area contributed by atoms with Crippen molar-refractivity contribution >= 4 is 16.8 Å². The van der Waals surface area contributed by atoms with E-state index in [1.165, 1.54) is 47.6 Å². The van der Waals surface area contributed by atoms with Crippen LogP contribution in [0.3, 0.4) is 0 Å². The molecule has 0 atom stereocenters. The van der Waals surface area contributed by atoms with E-state index in [1.54, 1.807) is 5.57 Å². The summed E-state index contributed by atoms with van der Waals surface area (Å²) < 4.78 is 0. The first kappa shape index (κ1) is 11.5. The van der Waals surface area contributed by atoms with Crippen LogP contribution in [0.15, 0.2) is 42.0 Å². The molecule has 0 saturated heterocycles. The van der Waals surface area contributed by atoms with Crippen molar-refractivity contribution < 1.29 is 0 Å². The van der Waals surface area contributed by atoms with Crippen molar-refractivity contribution in [2.45, 2.75) is 39.0 Å². The summed E-state index contributed by atoms with van der Waals surface area (Å²) in [5.74, 6) is 0. The zero-order chi connectivity index (χ0) is 12.4. The normalized spacial score (nSPS) is 13.7. The average molecular weight is 236 g/mol. The Morgan fingerprint density at radius 3 is 2.67 bits per heavy atom. The second-order valence-electron chi connectivity index (χ2n) is 5.30. The van der Waals surface area contributed by atoms with Crippen LogP contribution in [-0.4, -0.2) is 0 Å². The van der Waals surface area contributed by atoms with Crippen LogP contribution in [0.5, 0.6) is 0 Å². The predicted molar refractivity (Wildman–Crippen MR) is 79.8 cm³/mol. The Bertz CT molecular complexity index is 585. The van der Waals surface area contributed by atoms with Gasteiger partial charge in [-0.05, 0) is 41.2 Å². The van der Waals surface area contributed by atoms with Gasteiger partial charge < -0.3 is 0 Å². The first-order valence-corrected chi connectivity index (χ1v) is 7.08. The Balaban J connectivity index is 1.96. The molecule has 0 unspecified atom stereocenters. The topological polar surface area (TPSA) is 0 Å². The molecule has 0 saturated carbocycles. The van der Waals surface area contributed by atoms with Gasteiger partial charge in [-0.2, -0.15) is 0 Å². The van der Waals surface area contributed by atoms with E-state index in [2.05, 4.69) is 49.4 Å². The van der Waals surface area contributed by atoms with Crippen molar-refractivity contribution in [1.29, 1.82) is 0 Å². The van der Waals surface area contributed by atoms with E-state index in [-0.39, 0.29) is 0 Å². The number of allylic oxidation sites excluding steroid dienone is 1. The summed E-state index contributed by atoms with van der Waals surface area (Å²) in [6.45, 7) is 2.27. The van der Waals surface area contributed by atoms with Gasteiger partial charge in [-0.25, -0.2) is 0 Å². The molecule has 0 nitrogen and oxygen atoms in total. The van der Waals surface area contributed by atoms with Gasteiger partial charge in [-0.1, -0.05) is 67.8 Å². The lowest BCUT2D eigenvalue weighted by molar-refractivity contribution is 0.707. The van der Waals surface area contributed by atoms with Gasteiger partial charge in [0.15, 0.2) is 0 Å². The maximum Gasteiger partial charge on any atom is -0.00574 e. The van der Waals surface area contributed by atoms with Crippen molar-refractivity contribution in [1.82, 2.24) is 0 Å². The van der Waals surface area contributed by atoms with E-state index in [1.807, 2.05) is 0 Å². The number of unbranched alkanes of at least 4 members (excludes halogenated alkanes) is 2. The molecule has 0 bridgehead atoms. The minimum atomic E-state index is 1.15. The summed E-state index contributed by atoms with van der Waals surface area (Å²) in [7, 11) is 0. The third kappa shape index (κ3) is 2.08. The molecule has 92 valence electrons. The van der Waals surface area contributed by atoms with Gasteiger partial charge in [-0.15, -0.1) is 0 Å². The number of hydrogen-bond acceptors (Lipinski definition) is 0. The second-order valence-corrected chi connectivity index (χ2v) is 5.30. The maximum atomic E-state index is 2.42. The van der Waals surface area contributed by atoms with Crippen LogP contribution in [0.1, 0.15) is 43.7 Å². The number of hydrogen-bond donors (Lipinski definition) is 0. The largest absolute Gasteiger partial charge is 0.0654 e. The highest BCUT2D eigenvalue weighted by atomic mass is 14.2. The minimum Gasteiger partial charge on any atom is -0.0654 e. The lowest BCUT2D eigenvalue weighted by Crippen LogP contribution is -1.99. The summed E-state index contributed by atoms with van der Waals surface area (Å²) in [5, 5.41) is 2.85. The van der Waals surface area contributed by atoms with Crippen LogP contribution in [-0.2, 0) is 6.42 Å². The lowest BCUT2D eigenvalue weighted by atomic mass is 9.87. The molecule has 2 aromatic rings. The van der Waals surface area contributed by atoms with E-state index in [0.29, 0.717) is 0 Å². The SMILES string of the molecule is CCCCCC1=Cc2cccc3cccc(c23)C1. The molecule has 18 heavy (non-hydrogen) atoms. The third-order valence-corrected chi connectivity index (χ3v) is 3.90. The Morgan fingerprint density at radius 2 is 1.83 bits per heavy atom. The van der Waals surface area contributed by atoms with Crippen LogP contribution in [0.25, 0.3) is 16.8 Å². The molecule has 1 aliphatic carbocycles. The summed E-state index contributed by atoms with van der Waals surface area (Å²) >= 11 is 0. The molecule has 0 heterocycles. The Hall–Kier alpha value is -1.56. The zero-order valence-corrected chi connectivity index (χ0v) is 11.1. The van der Waals surface area contributed by atoms with Crippen molar-refractivity contribution in [2.24, 2.45) is 0 Å². The predicted octanol–water partition coefficient (Wildman–Crippen LogP) is 5.36. The standard InChI is InChI=1S/C18H20/c1-2-3-4-7-14-12-16-10-5-8-15-9-6-11-17(13-14)18(15)16/h5-6,8-12H,2-4,7,13H2,1H3. The summed E-state index contributed by atoms with van der Waals surface area (Å²) in [6.07, 6.45) is 8.82. The molecule has 0 fully saturated rings. The molecule has 0 aliphatic heterocycles. The lowest BCUT2D eigenvalue weighted by Gasteiger charge is -2.18. The van der Waals surface area contributed by atoms with Crippen molar-refractivity contribution in [3.63, 3.8) is 0 Å². The quantitative estimate of drug-likeness (QED) is 0.627. The molecule has 3 rings (SSSR count).